The predicted octanol–water partition coefficient (Wildman–Crippen LogP) is 5.85. The van der Waals surface area contributed by atoms with Crippen molar-refractivity contribution in [2.75, 3.05) is 12.8 Å². The quantitative estimate of drug-likeness (QED) is 0.349. The number of anilines is 1. The van der Waals surface area contributed by atoms with Gasteiger partial charge in [-0.05, 0) is 41.5 Å². The van der Waals surface area contributed by atoms with Gasteiger partial charge < -0.3 is 10.5 Å². The Bertz CT molecular complexity index is 1410. The lowest BCUT2D eigenvalue weighted by Crippen LogP contribution is -2.01. The molecule has 3 heterocycles. The molecular weight excluding hydrogens is 418 g/mol. The first-order valence-corrected chi connectivity index (χ1v) is 10.8. The minimum atomic E-state index is -0.102. The number of carbonyl (C=O) groups is 1. The van der Waals surface area contributed by atoms with Crippen LogP contribution >= 0.6 is 11.3 Å². The van der Waals surface area contributed by atoms with Crippen molar-refractivity contribution in [3.63, 3.8) is 0 Å². The molecule has 0 saturated heterocycles. The predicted molar refractivity (Wildman–Crippen MR) is 129 cm³/mol. The van der Waals surface area contributed by atoms with Gasteiger partial charge in [-0.1, -0.05) is 42.5 Å². The van der Waals surface area contributed by atoms with Crippen LogP contribution in [-0.4, -0.2) is 22.9 Å². The van der Waals surface area contributed by atoms with E-state index in [1.807, 2.05) is 60.7 Å². The number of nitrogen functional groups attached to an aromatic ring is 1. The number of pyridine rings is 2. The van der Waals surface area contributed by atoms with Crippen molar-refractivity contribution in [1.82, 2.24) is 9.97 Å². The van der Waals surface area contributed by atoms with E-state index in [4.69, 9.17) is 15.5 Å². The third-order valence-corrected chi connectivity index (χ3v) is 6.40. The minimum Gasteiger partial charge on any atom is -0.497 e. The van der Waals surface area contributed by atoms with Crippen LogP contribution < -0.4 is 10.5 Å². The average Bonchev–Trinajstić information content (AvgIpc) is 3.20. The average molecular weight is 438 g/mol. The molecule has 0 unspecified atom stereocenters. The Morgan fingerprint density at radius 3 is 2.44 bits per heavy atom. The number of hydrogen-bond donors (Lipinski definition) is 1. The maximum atomic E-state index is 13.2. The Hall–Kier alpha value is -4.03. The molecule has 0 radical (unpaired) electrons. The second kappa shape index (κ2) is 8.24. The molecule has 0 spiro atoms. The zero-order chi connectivity index (χ0) is 22.1. The summed E-state index contributed by atoms with van der Waals surface area (Å²) in [4.78, 5) is 23.5. The van der Waals surface area contributed by atoms with Crippen molar-refractivity contribution in [1.29, 1.82) is 0 Å². The second-order valence-corrected chi connectivity index (χ2v) is 8.24. The van der Waals surface area contributed by atoms with E-state index >= 15 is 0 Å². The lowest BCUT2D eigenvalue weighted by molar-refractivity contribution is 0.104. The molecule has 0 aliphatic carbocycles. The maximum Gasteiger partial charge on any atom is 0.205 e. The number of fused-ring (bicyclic) bond motifs is 1. The molecule has 0 amide bonds. The molecule has 6 heteroatoms. The molecule has 0 bridgehead atoms. The van der Waals surface area contributed by atoms with Crippen LogP contribution in [0.5, 0.6) is 5.75 Å². The molecule has 0 fully saturated rings. The topological polar surface area (TPSA) is 78.1 Å². The molecule has 5 nitrogen and oxygen atoms in total. The smallest absolute Gasteiger partial charge is 0.205 e. The number of ether oxygens (including phenoxy) is 1. The molecule has 2 N–H and O–H groups in total. The summed E-state index contributed by atoms with van der Waals surface area (Å²) in [7, 11) is 1.64. The molecule has 3 aromatic heterocycles. The first kappa shape index (κ1) is 19.9. The molecular formula is C26H19N3O2S. The van der Waals surface area contributed by atoms with Gasteiger partial charge in [0.2, 0.25) is 5.78 Å². The number of rotatable bonds is 5. The van der Waals surface area contributed by atoms with Crippen molar-refractivity contribution in [2.45, 2.75) is 0 Å². The lowest BCUT2D eigenvalue weighted by atomic mass is 9.99. The number of nitrogens with zero attached hydrogens (tertiary/aromatic N) is 2. The van der Waals surface area contributed by atoms with E-state index in [0.717, 1.165) is 33.5 Å². The van der Waals surface area contributed by atoms with E-state index < -0.39 is 0 Å². The van der Waals surface area contributed by atoms with Gasteiger partial charge in [0.25, 0.3) is 0 Å². The Morgan fingerprint density at radius 1 is 0.969 bits per heavy atom. The van der Waals surface area contributed by atoms with E-state index in [0.29, 0.717) is 21.0 Å². The van der Waals surface area contributed by atoms with E-state index in [1.165, 1.54) is 11.3 Å². The number of thiophene rings is 1. The van der Waals surface area contributed by atoms with Crippen LogP contribution in [0.1, 0.15) is 15.2 Å². The van der Waals surface area contributed by atoms with Crippen LogP contribution in [0, 0.1) is 0 Å². The van der Waals surface area contributed by atoms with Gasteiger partial charge in [0.1, 0.15) is 15.5 Å². The monoisotopic (exact) mass is 437 g/mol. The number of methoxy groups -OCH3 is 1. The first-order chi connectivity index (χ1) is 15.7. The molecule has 0 aliphatic rings. The summed E-state index contributed by atoms with van der Waals surface area (Å²) in [5.41, 5.74) is 11.2. The van der Waals surface area contributed by atoms with E-state index in [-0.39, 0.29) is 5.78 Å². The van der Waals surface area contributed by atoms with Gasteiger partial charge in [0.05, 0.1) is 18.5 Å². The standard InChI is InChI=1S/C26H19N3O2S/c1-31-19-11-9-16(10-12-19)20-14-21(18-8-5-13-28-15-18)29-26-22(20)23(27)25(32-26)24(30)17-6-3-2-4-7-17/h2-15H,27H2,1H3. The summed E-state index contributed by atoms with van der Waals surface area (Å²) in [6.07, 6.45) is 3.51. The summed E-state index contributed by atoms with van der Waals surface area (Å²) in [5.74, 6) is 0.666. The fourth-order valence-corrected chi connectivity index (χ4v) is 4.75. The van der Waals surface area contributed by atoms with Gasteiger partial charge in [-0.2, -0.15) is 0 Å². The highest BCUT2D eigenvalue weighted by Gasteiger charge is 2.22. The fraction of sp³-hybridized carbons (Fsp3) is 0.0385. The van der Waals surface area contributed by atoms with Crippen molar-refractivity contribution >= 4 is 33.0 Å². The Kier molecular flexibility index (Phi) is 5.13. The number of nitrogens with two attached hydrogens (primary N) is 1. The summed E-state index contributed by atoms with van der Waals surface area (Å²) in [6, 6.07) is 22.8. The molecule has 0 atom stereocenters. The van der Waals surface area contributed by atoms with Gasteiger partial charge in [-0.15, -0.1) is 11.3 Å². The molecule has 0 saturated carbocycles. The van der Waals surface area contributed by atoms with Crippen LogP contribution in [0.3, 0.4) is 0 Å². The highest BCUT2D eigenvalue weighted by atomic mass is 32.1. The van der Waals surface area contributed by atoms with Crippen LogP contribution in [-0.2, 0) is 0 Å². The number of hydrogen-bond acceptors (Lipinski definition) is 6. The second-order valence-electron chi connectivity index (χ2n) is 7.25. The largest absolute Gasteiger partial charge is 0.497 e. The summed E-state index contributed by atoms with van der Waals surface area (Å²) >= 11 is 1.32. The normalized spacial score (nSPS) is 10.9. The first-order valence-electron chi connectivity index (χ1n) is 10.0. The number of carbonyl (C=O) groups excluding carboxylic acids is 1. The number of aromatic nitrogens is 2. The van der Waals surface area contributed by atoms with Gasteiger partial charge in [0.15, 0.2) is 0 Å². The van der Waals surface area contributed by atoms with Crippen LogP contribution in [0.2, 0.25) is 0 Å². The van der Waals surface area contributed by atoms with Crippen LogP contribution in [0.25, 0.3) is 32.6 Å². The zero-order valence-electron chi connectivity index (χ0n) is 17.3. The van der Waals surface area contributed by atoms with Crippen molar-refractivity contribution < 1.29 is 9.53 Å². The SMILES string of the molecule is COc1ccc(-c2cc(-c3cccnc3)nc3sc(C(=O)c4ccccc4)c(N)c23)cc1. The highest BCUT2D eigenvalue weighted by molar-refractivity contribution is 7.21. The molecule has 2 aromatic carbocycles. The van der Waals surface area contributed by atoms with Gasteiger partial charge in [-0.3, -0.25) is 9.78 Å². The Morgan fingerprint density at radius 2 is 1.75 bits per heavy atom. The van der Waals surface area contributed by atoms with E-state index in [2.05, 4.69) is 4.98 Å². The minimum absolute atomic E-state index is 0.102. The Labute approximate surface area is 189 Å². The third kappa shape index (κ3) is 3.50. The number of ketones is 1. The summed E-state index contributed by atoms with van der Waals surface area (Å²) in [5, 5.41) is 0.784. The van der Waals surface area contributed by atoms with Crippen molar-refractivity contribution in [3.8, 4) is 28.1 Å². The van der Waals surface area contributed by atoms with E-state index in [1.54, 1.807) is 31.6 Å². The van der Waals surface area contributed by atoms with Crippen molar-refractivity contribution in [2.24, 2.45) is 0 Å². The van der Waals surface area contributed by atoms with Crippen molar-refractivity contribution in [3.05, 3.63) is 95.6 Å². The number of benzene rings is 2. The van der Waals surface area contributed by atoms with Gasteiger partial charge in [0, 0.05) is 28.9 Å². The van der Waals surface area contributed by atoms with E-state index in [9.17, 15) is 4.79 Å². The molecule has 0 aliphatic heterocycles. The molecule has 32 heavy (non-hydrogen) atoms. The Balaban J connectivity index is 1.75. The molecule has 156 valence electrons. The van der Waals surface area contributed by atoms with Gasteiger partial charge in [-0.25, -0.2) is 4.98 Å². The fourth-order valence-electron chi connectivity index (χ4n) is 3.67. The van der Waals surface area contributed by atoms with Gasteiger partial charge >= 0.3 is 0 Å². The van der Waals surface area contributed by atoms with Crippen LogP contribution in [0.4, 0.5) is 5.69 Å². The zero-order valence-corrected chi connectivity index (χ0v) is 18.1. The molecule has 5 aromatic rings. The van der Waals surface area contributed by atoms with Crippen LogP contribution in [0.15, 0.2) is 85.2 Å². The molecule has 5 rings (SSSR count). The summed E-state index contributed by atoms with van der Waals surface area (Å²) in [6.45, 7) is 0. The lowest BCUT2D eigenvalue weighted by Gasteiger charge is -2.09. The highest BCUT2D eigenvalue weighted by Crippen LogP contribution is 2.42. The summed E-state index contributed by atoms with van der Waals surface area (Å²) < 4.78 is 5.31. The third-order valence-electron chi connectivity index (χ3n) is 5.30. The maximum absolute atomic E-state index is 13.2.